The third-order valence-electron chi connectivity index (χ3n) is 3.26. The van der Waals surface area contributed by atoms with Gasteiger partial charge in [-0.15, -0.1) is 0 Å². The van der Waals surface area contributed by atoms with Crippen LogP contribution in [0.3, 0.4) is 0 Å². The molecule has 0 unspecified atom stereocenters. The first-order valence-electron chi connectivity index (χ1n) is 6.37. The molecular weight excluding hydrogens is 254 g/mol. The van der Waals surface area contributed by atoms with Crippen LogP contribution in [0, 0.1) is 10.1 Å². The molecule has 0 atom stereocenters. The summed E-state index contributed by atoms with van der Waals surface area (Å²) in [4.78, 5) is 21.2. The Labute approximate surface area is 117 Å². The lowest BCUT2D eigenvalue weighted by atomic mass is 9.97. The summed E-state index contributed by atoms with van der Waals surface area (Å²) in [7, 11) is 0. The van der Waals surface area contributed by atoms with Crippen LogP contribution in [-0.2, 0) is 0 Å². The van der Waals surface area contributed by atoms with E-state index in [1.165, 1.54) is 11.6 Å². The number of carbonyl (C=O) groups is 1. The van der Waals surface area contributed by atoms with Gasteiger partial charge in [-0.05, 0) is 34.7 Å². The summed E-state index contributed by atoms with van der Waals surface area (Å²) in [6, 6.07) is 12.6. The van der Waals surface area contributed by atoms with Gasteiger partial charge in [0.1, 0.15) is 0 Å². The first kappa shape index (κ1) is 13.9. The van der Waals surface area contributed by atoms with E-state index in [1.54, 1.807) is 12.1 Å². The van der Waals surface area contributed by atoms with Gasteiger partial charge in [0, 0.05) is 6.07 Å². The van der Waals surface area contributed by atoms with Gasteiger partial charge in [0.2, 0.25) is 0 Å². The number of nitro groups is 1. The molecule has 20 heavy (non-hydrogen) atoms. The zero-order chi connectivity index (χ0) is 14.7. The third-order valence-corrected chi connectivity index (χ3v) is 3.26. The Morgan fingerprint density at radius 1 is 1.05 bits per heavy atom. The fourth-order valence-corrected chi connectivity index (χ4v) is 2.06. The van der Waals surface area contributed by atoms with Crippen molar-refractivity contribution in [2.45, 2.75) is 19.8 Å². The molecular formula is C16H15NO3. The van der Waals surface area contributed by atoms with E-state index in [0.29, 0.717) is 12.2 Å². The van der Waals surface area contributed by atoms with Crippen LogP contribution >= 0.6 is 0 Å². The van der Waals surface area contributed by atoms with Crippen molar-refractivity contribution in [2.24, 2.45) is 0 Å². The molecule has 0 heterocycles. The van der Waals surface area contributed by atoms with Crippen LogP contribution in [0.2, 0.25) is 0 Å². The number of hydrogen-bond donors (Lipinski definition) is 0. The van der Waals surface area contributed by atoms with Gasteiger partial charge in [-0.1, -0.05) is 38.1 Å². The molecule has 0 bridgehead atoms. The molecule has 2 rings (SSSR count). The molecule has 0 spiro atoms. The molecule has 4 nitrogen and oxygen atoms in total. The Balaban J connectivity index is 2.42. The molecule has 0 aromatic heterocycles. The molecule has 0 fully saturated rings. The number of benzene rings is 2. The second-order valence-electron chi connectivity index (χ2n) is 4.93. The first-order chi connectivity index (χ1) is 9.52. The van der Waals surface area contributed by atoms with Crippen LogP contribution in [0.1, 0.15) is 35.7 Å². The van der Waals surface area contributed by atoms with Gasteiger partial charge < -0.3 is 0 Å². The van der Waals surface area contributed by atoms with E-state index in [4.69, 9.17) is 0 Å². The van der Waals surface area contributed by atoms with Crippen molar-refractivity contribution in [2.75, 3.05) is 0 Å². The summed E-state index contributed by atoms with van der Waals surface area (Å²) in [5.74, 6) is 0.450. The van der Waals surface area contributed by atoms with Crippen molar-refractivity contribution in [3.05, 3.63) is 63.7 Å². The van der Waals surface area contributed by atoms with Gasteiger partial charge in [0.15, 0.2) is 6.29 Å². The lowest BCUT2D eigenvalue weighted by molar-refractivity contribution is -0.385. The van der Waals surface area contributed by atoms with Gasteiger partial charge in [0.05, 0.1) is 10.5 Å². The van der Waals surface area contributed by atoms with Gasteiger partial charge >= 0.3 is 0 Å². The molecule has 102 valence electrons. The number of hydrogen-bond acceptors (Lipinski definition) is 3. The van der Waals surface area contributed by atoms with Crippen molar-refractivity contribution in [3.63, 3.8) is 0 Å². The molecule has 4 heteroatoms. The maximum absolute atomic E-state index is 11.0. The van der Waals surface area contributed by atoms with Crippen molar-refractivity contribution in [1.82, 2.24) is 0 Å². The predicted octanol–water partition coefficient (Wildman–Crippen LogP) is 4.20. The van der Waals surface area contributed by atoms with E-state index in [9.17, 15) is 14.9 Å². The van der Waals surface area contributed by atoms with Gasteiger partial charge in [-0.2, -0.15) is 0 Å². The quantitative estimate of drug-likeness (QED) is 0.475. The van der Waals surface area contributed by atoms with Crippen molar-refractivity contribution in [3.8, 4) is 11.1 Å². The average Bonchev–Trinajstić information content (AvgIpc) is 2.46. The Morgan fingerprint density at radius 2 is 1.65 bits per heavy atom. The number of carbonyl (C=O) groups excluding carboxylic acids is 1. The highest BCUT2D eigenvalue weighted by atomic mass is 16.6. The molecule has 0 N–H and O–H groups in total. The van der Waals surface area contributed by atoms with E-state index in [-0.39, 0.29) is 11.3 Å². The van der Waals surface area contributed by atoms with E-state index in [1.807, 2.05) is 24.3 Å². The molecule has 2 aromatic carbocycles. The Kier molecular flexibility index (Phi) is 3.94. The van der Waals surface area contributed by atoms with Gasteiger partial charge in [-0.3, -0.25) is 14.9 Å². The largest absolute Gasteiger partial charge is 0.298 e. The Hall–Kier alpha value is -2.49. The average molecular weight is 269 g/mol. The van der Waals surface area contributed by atoms with Crippen LogP contribution in [0.5, 0.6) is 0 Å². The molecule has 0 saturated carbocycles. The monoisotopic (exact) mass is 269 g/mol. The van der Waals surface area contributed by atoms with Crippen molar-refractivity contribution >= 4 is 12.0 Å². The number of aldehydes is 1. The normalized spacial score (nSPS) is 10.6. The van der Waals surface area contributed by atoms with E-state index in [0.717, 1.165) is 11.1 Å². The summed E-state index contributed by atoms with van der Waals surface area (Å²) >= 11 is 0. The number of rotatable bonds is 4. The predicted molar refractivity (Wildman–Crippen MR) is 78.0 cm³/mol. The maximum atomic E-state index is 11.0. The fraction of sp³-hybridized carbons (Fsp3) is 0.188. The zero-order valence-corrected chi connectivity index (χ0v) is 11.4. The van der Waals surface area contributed by atoms with E-state index >= 15 is 0 Å². The highest BCUT2D eigenvalue weighted by Crippen LogP contribution is 2.27. The lowest BCUT2D eigenvalue weighted by Gasteiger charge is -2.07. The molecule has 0 aliphatic carbocycles. The Bertz CT molecular complexity index is 645. The van der Waals surface area contributed by atoms with Gasteiger partial charge in [0.25, 0.3) is 5.69 Å². The second kappa shape index (κ2) is 5.65. The van der Waals surface area contributed by atoms with Gasteiger partial charge in [-0.25, -0.2) is 0 Å². The minimum absolute atomic E-state index is 0.0976. The molecule has 0 amide bonds. The highest BCUT2D eigenvalue weighted by molar-refractivity contribution is 5.84. The summed E-state index contributed by atoms with van der Waals surface area (Å²) in [5, 5.41) is 10.8. The fourth-order valence-electron chi connectivity index (χ4n) is 2.06. The Morgan fingerprint density at radius 3 is 2.15 bits per heavy atom. The number of nitro benzene ring substituents is 1. The summed E-state index contributed by atoms with van der Waals surface area (Å²) in [5.41, 5.74) is 2.90. The highest BCUT2D eigenvalue weighted by Gasteiger charge is 2.14. The van der Waals surface area contributed by atoms with Crippen LogP contribution in [0.15, 0.2) is 42.5 Å². The smallest absolute Gasteiger partial charge is 0.279 e. The van der Waals surface area contributed by atoms with Crippen molar-refractivity contribution < 1.29 is 9.72 Å². The van der Waals surface area contributed by atoms with Crippen LogP contribution < -0.4 is 0 Å². The molecule has 0 radical (unpaired) electrons. The maximum Gasteiger partial charge on any atom is 0.279 e. The standard InChI is InChI=1S/C16H15NO3/c1-11(2)12-3-5-13(6-4-12)14-7-8-16(17(19)20)15(9-14)10-18/h3-11H,1-2H3. The minimum atomic E-state index is -0.546. The molecule has 2 aromatic rings. The minimum Gasteiger partial charge on any atom is -0.298 e. The molecule has 0 aliphatic rings. The number of nitrogens with zero attached hydrogens (tertiary/aromatic N) is 1. The van der Waals surface area contributed by atoms with Crippen molar-refractivity contribution in [1.29, 1.82) is 0 Å². The summed E-state index contributed by atoms with van der Waals surface area (Å²) in [6.07, 6.45) is 0.518. The molecule has 0 saturated heterocycles. The first-order valence-corrected chi connectivity index (χ1v) is 6.37. The zero-order valence-electron chi connectivity index (χ0n) is 11.4. The third kappa shape index (κ3) is 2.74. The lowest BCUT2D eigenvalue weighted by Crippen LogP contribution is -1.95. The van der Waals surface area contributed by atoms with E-state index < -0.39 is 4.92 Å². The molecule has 0 aliphatic heterocycles. The van der Waals surface area contributed by atoms with Crippen LogP contribution in [-0.4, -0.2) is 11.2 Å². The second-order valence-corrected chi connectivity index (χ2v) is 4.93. The topological polar surface area (TPSA) is 60.2 Å². The summed E-state index contributed by atoms with van der Waals surface area (Å²) in [6.45, 7) is 4.23. The van der Waals surface area contributed by atoms with E-state index in [2.05, 4.69) is 13.8 Å². The SMILES string of the molecule is CC(C)c1ccc(-c2ccc([N+](=O)[O-])c(C=O)c2)cc1. The van der Waals surface area contributed by atoms with Crippen LogP contribution in [0.25, 0.3) is 11.1 Å². The summed E-state index contributed by atoms with van der Waals surface area (Å²) < 4.78 is 0. The van der Waals surface area contributed by atoms with Crippen LogP contribution in [0.4, 0.5) is 5.69 Å².